The van der Waals surface area contributed by atoms with Crippen LogP contribution in [0, 0.1) is 5.92 Å². The van der Waals surface area contributed by atoms with E-state index in [-0.39, 0.29) is 0 Å². The van der Waals surface area contributed by atoms with Gasteiger partial charge in [0, 0.05) is 19.1 Å². The van der Waals surface area contributed by atoms with Crippen LogP contribution in [0.3, 0.4) is 0 Å². The molecule has 17 heavy (non-hydrogen) atoms. The van der Waals surface area contributed by atoms with Gasteiger partial charge in [0.2, 0.25) is 0 Å². The first-order valence-corrected chi connectivity index (χ1v) is 6.67. The van der Waals surface area contributed by atoms with Crippen molar-refractivity contribution in [3.63, 3.8) is 0 Å². The number of unbranched alkanes of at least 4 members (excludes halogenated alkanes) is 1. The normalized spacial score (nSPS) is 12.8. The molecule has 0 aromatic heterocycles. The van der Waals surface area contributed by atoms with E-state index in [4.69, 9.17) is 5.73 Å². The fraction of sp³-hybridized carbons (Fsp3) is 0.923. The van der Waals surface area contributed by atoms with Gasteiger partial charge in [-0.05, 0) is 46.2 Å². The van der Waals surface area contributed by atoms with Crippen molar-refractivity contribution in [1.82, 2.24) is 10.2 Å². The van der Waals surface area contributed by atoms with Crippen molar-refractivity contribution < 1.29 is 0 Å². The van der Waals surface area contributed by atoms with Crippen LogP contribution in [0.5, 0.6) is 0 Å². The third kappa shape index (κ3) is 10.1. The minimum Gasteiger partial charge on any atom is -0.370 e. The Morgan fingerprint density at radius 2 is 1.88 bits per heavy atom. The van der Waals surface area contributed by atoms with Crippen molar-refractivity contribution in [3.8, 4) is 0 Å². The Balaban J connectivity index is 3.48. The van der Waals surface area contributed by atoms with Crippen molar-refractivity contribution in [1.29, 1.82) is 0 Å². The number of guanidine groups is 1. The molecule has 0 heterocycles. The van der Waals surface area contributed by atoms with Gasteiger partial charge in [0.1, 0.15) is 0 Å². The molecule has 0 saturated heterocycles. The molecular formula is C13H30N4. The van der Waals surface area contributed by atoms with Crippen LogP contribution in [0.25, 0.3) is 0 Å². The summed E-state index contributed by atoms with van der Waals surface area (Å²) in [6.45, 7) is 11.6. The predicted molar refractivity (Wildman–Crippen MR) is 76.3 cm³/mol. The molecule has 0 aromatic carbocycles. The number of rotatable bonds is 8. The Bertz CT molecular complexity index is 211. The van der Waals surface area contributed by atoms with Gasteiger partial charge in [0.25, 0.3) is 0 Å². The van der Waals surface area contributed by atoms with Gasteiger partial charge in [-0.15, -0.1) is 0 Å². The summed E-state index contributed by atoms with van der Waals surface area (Å²) in [6, 6.07) is 0.626. The van der Waals surface area contributed by atoms with Crippen LogP contribution in [0.2, 0.25) is 0 Å². The molecule has 0 unspecified atom stereocenters. The summed E-state index contributed by atoms with van der Waals surface area (Å²) >= 11 is 0. The Morgan fingerprint density at radius 1 is 1.24 bits per heavy atom. The van der Waals surface area contributed by atoms with Crippen LogP contribution in [0.4, 0.5) is 0 Å². The highest BCUT2D eigenvalue weighted by atomic mass is 15.1. The third-order valence-corrected chi connectivity index (χ3v) is 2.75. The van der Waals surface area contributed by atoms with Gasteiger partial charge in [-0.2, -0.15) is 0 Å². The first-order chi connectivity index (χ1) is 7.93. The Labute approximate surface area is 107 Å². The Kier molecular flexibility index (Phi) is 8.86. The summed E-state index contributed by atoms with van der Waals surface area (Å²) in [4.78, 5) is 6.61. The maximum Gasteiger partial charge on any atom is 0.188 e. The topological polar surface area (TPSA) is 53.6 Å². The first kappa shape index (κ1) is 16.2. The average Bonchev–Trinajstić information content (AvgIpc) is 2.25. The van der Waals surface area contributed by atoms with Crippen molar-refractivity contribution in [2.75, 3.05) is 26.7 Å². The number of nitrogens with two attached hydrogens (primary N) is 1. The quantitative estimate of drug-likeness (QED) is 0.387. The summed E-state index contributed by atoms with van der Waals surface area (Å²) in [7, 11) is 2.16. The van der Waals surface area contributed by atoms with Crippen molar-refractivity contribution in [2.45, 2.75) is 46.6 Å². The molecule has 0 aliphatic heterocycles. The van der Waals surface area contributed by atoms with Crippen molar-refractivity contribution in [3.05, 3.63) is 0 Å². The molecule has 0 rings (SSSR count). The largest absolute Gasteiger partial charge is 0.370 e. The summed E-state index contributed by atoms with van der Waals surface area (Å²) in [5.41, 5.74) is 5.74. The van der Waals surface area contributed by atoms with Gasteiger partial charge in [-0.1, -0.05) is 13.8 Å². The molecule has 0 aromatic rings. The van der Waals surface area contributed by atoms with Gasteiger partial charge < -0.3 is 16.0 Å². The Morgan fingerprint density at radius 3 is 2.41 bits per heavy atom. The summed E-state index contributed by atoms with van der Waals surface area (Å²) in [5.74, 6) is 1.14. The van der Waals surface area contributed by atoms with E-state index in [0.29, 0.717) is 17.9 Å². The fourth-order valence-electron chi connectivity index (χ4n) is 1.30. The average molecular weight is 242 g/mol. The number of nitrogens with zero attached hydrogens (tertiary/aromatic N) is 2. The SMILES string of the molecule is CC(C)CN=C(N)NCCCCN(C)C(C)C. The number of hydrogen-bond acceptors (Lipinski definition) is 2. The van der Waals surface area contributed by atoms with Crippen molar-refractivity contribution in [2.24, 2.45) is 16.6 Å². The monoisotopic (exact) mass is 242 g/mol. The van der Waals surface area contributed by atoms with Crippen LogP contribution in [0.15, 0.2) is 4.99 Å². The maximum atomic E-state index is 5.74. The lowest BCUT2D eigenvalue weighted by Gasteiger charge is -2.20. The number of aliphatic imine (C=N–C) groups is 1. The number of nitrogens with one attached hydrogen (secondary N) is 1. The second-order valence-electron chi connectivity index (χ2n) is 5.33. The molecule has 0 bridgehead atoms. The molecule has 102 valence electrons. The van der Waals surface area contributed by atoms with E-state index in [0.717, 1.165) is 26.1 Å². The van der Waals surface area contributed by atoms with Gasteiger partial charge >= 0.3 is 0 Å². The number of hydrogen-bond donors (Lipinski definition) is 2. The fourth-order valence-corrected chi connectivity index (χ4v) is 1.30. The molecule has 0 aliphatic rings. The van der Waals surface area contributed by atoms with Crippen LogP contribution in [-0.2, 0) is 0 Å². The summed E-state index contributed by atoms with van der Waals surface area (Å²) in [5, 5.41) is 3.15. The zero-order valence-electron chi connectivity index (χ0n) is 12.2. The highest BCUT2D eigenvalue weighted by molar-refractivity contribution is 5.77. The van der Waals surface area contributed by atoms with Crippen LogP contribution in [-0.4, -0.2) is 43.6 Å². The highest BCUT2D eigenvalue weighted by Crippen LogP contribution is 1.97. The van der Waals surface area contributed by atoms with E-state index in [2.05, 4.69) is 50.0 Å². The molecule has 0 amide bonds. The minimum absolute atomic E-state index is 0.565. The lowest BCUT2D eigenvalue weighted by Crippen LogP contribution is -2.33. The molecular weight excluding hydrogens is 212 g/mol. The van der Waals surface area contributed by atoms with Gasteiger partial charge in [-0.3, -0.25) is 4.99 Å². The molecule has 0 spiro atoms. The third-order valence-electron chi connectivity index (χ3n) is 2.75. The zero-order valence-corrected chi connectivity index (χ0v) is 12.2. The minimum atomic E-state index is 0.565. The second-order valence-corrected chi connectivity index (χ2v) is 5.33. The van der Waals surface area contributed by atoms with Crippen LogP contribution >= 0.6 is 0 Å². The zero-order chi connectivity index (χ0) is 13.3. The second kappa shape index (κ2) is 9.28. The van der Waals surface area contributed by atoms with Gasteiger partial charge in [0.15, 0.2) is 5.96 Å². The van der Waals surface area contributed by atoms with E-state index in [1.165, 1.54) is 6.42 Å². The molecule has 4 heteroatoms. The molecule has 0 atom stereocenters. The Hall–Kier alpha value is -0.770. The van der Waals surface area contributed by atoms with Gasteiger partial charge in [0.05, 0.1) is 0 Å². The molecule has 0 fully saturated rings. The lowest BCUT2D eigenvalue weighted by molar-refractivity contribution is 0.268. The van der Waals surface area contributed by atoms with E-state index in [1.807, 2.05) is 0 Å². The van der Waals surface area contributed by atoms with E-state index >= 15 is 0 Å². The maximum absolute atomic E-state index is 5.74. The first-order valence-electron chi connectivity index (χ1n) is 6.67. The van der Waals surface area contributed by atoms with E-state index in [9.17, 15) is 0 Å². The highest BCUT2D eigenvalue weighted by Gasteiger charge is 2.01. The van der Waals surface area contributed by atoms with Crippen molar-refractivity contribution >= 4 is 5.96 Å². The molecule has 0 saturated carbocycles. The lowest BCUT2D eigenvalue weighted by atomic mass is 10.2. The van der Waals surface area contributed by atoms with Gasteiger partial charge in [-0.25, -0.2) is 0 Å². The van der Waals surface area contributed by atoms with E-state index in [1.54, 1.807) is 0 Å². The predicted octanol–water partition coefficient (Wildman–Crippen LogP) is 1.67. The van der Waals surface area contributed by atoms with E-state index < -0.39 is 0 Å². The molecule has 0 radical (unpaired) electrons. The van der Waals surface area contributed by atoms with Crippen LogP contribution in [0.1, 0.15) is 40.5 Å². The molecule has 3 N–H and O–H groups in total. The smallest absolute Gasteiger partial charge is 0.188 e. The molecule has 0 aliphatic carbocycles. The summed E-state index contributed by atoms with van der Waals surface area (Å²) in [6.07, 6.45) is 2.33. The standard InChI is InChI=1S/C13H30N4/c1-11(2)10-16-13(14)15-8-6-7-9-17(5)12(3)4/h11-12H,6-10H2,1-5H3,(H3,14,15,16). The molecule has 4 nitrogen and oxygen atoms in total. The summed E-state index contributed by atoms with van der Waals surface area (Å²) < 4.78 is 0. The van der Waals surface area contributed by atoms with Crippen LogP contribution < -0.4 is 11.1 Å².